The molecule has 7 nitrogen and oxygen atoms in total. The fourth-order valence-electron chi connectivity index (χ4n) is 3.77. The van der Waals surface area contributed by atoms with Crippen molar-refractivity contribution in [2.75, 3.05) is 13.1 Å². The van der Waals surface area contributed by atoms with Crippen molar-refractivity contribution in [3.63, 3.8) is 0 Å². The topological polar surface area (TPSA) is 81.1 Å². The van der Waals surface area contributed by atoms with E-state index in [0.717, 1.165) is 35.5 Å². The van der Waals surface area contributed by atoms with Crippen LogP contribution in [0.2, 0.25) is 0 Å². The van der Waals surface area contributed by atoms with E-state index in [1.165, 1.54) is 0 Å². The summed E-state index contributed by atoms with van der Waals surface area (Å²) in [5.41, 5.74) is 3.08. The fourth-order valence-corrected chi connectivity index (χ4v) is 3.77. The lowest BCUT2D eigenvalue weighted by Gasteiger charge is -2.32. The quantitative estimate of drug-likeness (QED) is 0.628. The van der Waals surface area contributed by atoms with Crippen LogP contribution in [-0.4, -0.2) is 43.8 Å². The average molecular weight is 403 g/mol. The molecule has 1 saturated heterocycles. The van der Waals surface area contributed by atoms with E-state index in [2.05, 4.69) is 15.0 Å². The average Bonchev–Trinajstić information content (AvgIpc) is 2.81. The second kappa shape index (κ2) is 9.54. The van der Waals surface area contributed by atoms with E-state index in [4.69, 9.17) is 9.72 Å². The number of ether oxygens (including phenoxy) is 1. The number of aryl methyl sites for hydroxylation is 1. The van der Waals surface area contributed by atoms with Crippen LogP contribution in [0.25, 0.3) is 0 Å². The number of amides is 1. The molecule has 3 aromatic rings. The highest BCUT2D eigenvalue weighted by molar-refractivity contribution is 5.90. The van der Waals surface area contributed by atoms with Gasteiger partial charge in [0, 0.05) is 43.2 Å². The number of nitrogens with zero attached hydrogens (tertiary/aromatic N) is 5. The van der Waals surface area contributed by atoms with Crippen molar-refractivity contribution in [3.8, 4) is 0 Å². The Kier molecular flexibility index (Phi) is 6.39. The van der Waals surface area contributed by atoms with E-state index in [1.54, 1.807) is 18.5 Å². The zero-order chi connectivity index (χ0) is 20.8. The van der Waals surface area contributed by atoms with Gasteiger partial charge in [-0.25, -0.2) is 19.9 Å². The molecular formula is C23H25N5O2. The summed E-state index contributed by atoms with van der Waals surface area (Å²) in [5, 5.41) is 0. The van der Waals surface area contributed by atoms with E-state index in [-0.39, 0.29) is 17.6 Å². The van der Waals surface area contributed by atoms with Gasteiger partial charge in [-0.2, -0.15) is 0 Å². The Balaban J connectivity index is 1.47. The highest BCUT2D eigenvalue weighted by atomic mass is 16.5. The molecule has 2 aromatic heterocycles. The molecule has 1 atom stereocenters. The summed E-state index contributed by atoms with van der Waals surface area (Å²) in [4.78, 5) is 31.9. The summed E-state index contributed by atoms with van der Waals surface area (Å²) in [7, 11) is 0. The number of carbonyl (C=O) groups excluding carboxylic acids is 1. The molecule has 0 N–H and O–H groups in total. The van der Waals surface area contributed by atoms with Crippen LogP contribution in [0, 0.1) is 6.92 Å². The van der Waals surface area contributed by atoms with E-state index in [0.29, 0.717) is 26.3 Å². The first-order valence-electron chi connectivity index (χ1n) is 10.2. The zero-order valence-electron chi connectivity index (χ0n) is 17.1. The van der Waals surface area contributed by atoms with Crippen LogP contribution in [0.15, 0.2) is 55.0 Å². The molecule has 0 saturated carbocycles. The molecule has 3 heterocycles. The number of rotatable bonds is 6. The number of likely N-dealkylation sites (tertiary alicyclic amines) is 1. The highest BCUT2D eigenvalue weighted by Gasteiger charge is 2.29. The van der Waals surface area contributed by atoms with Gasteiger partial charge >= 0.3 is 0 Å². The largest absolute Gasteiger partial charge is 0.372 e. The number of benzene rings is 1. The lowest BCUT2D eigenvalue weighted by Crippen LogP contribution is -2.40. The van der Waals surface area contributed by atoms with Gasteiger partial charge in [-0.3, -0.25) is 4.79 Å². The van der Waals surface area contributed by atoms with Gasteiger partial charge in [-0.05, 0) is 31.4 Å². The summed E-state index contributed by atoms with van der Waals surface area (Å²) in [5.74, 6) is 0.978. The van der Waals surface area contributed by atoms with Crippen molar-refractivity contribution in [2.24, 2.45) is 0 Å². The van der Waals surface area contributed by atoms with Gasteiger partial charge in [0.05, 0.1) is 18.9 Å². The van der Waals surface area contributed by atoms with Crippen molar-refractivity contribution < 1.29 is 9.53 Å². The molecule has 1 fully saturated rings. The minimum Gasteiger partial charge on any atom is -0.372 e. The van der Waals surface area contributed by atoms with Gasteiger partial charge in [-0.1, -0.05) is 30.3 Å². The number of hydrogen-bond donors (Lipinski definition) is 0. The Morgan fingerprint density at radius 1 is 1.10 bits per heavy atom. The molecule has 1 aliphatic rings. The third-order valence-electron chi connectivity index (χ3n) is 5.24. The Hall–Kier alpha value is -3.19. The molecule has 1 aliphatic heterocycles. The van der Waals surface area contributed by atoms with Gasteiger partial charge in [-0.15, -0.1) is 0 Å². The molecule has 7 heteroatoms. The summed E-state index contributed by atoms with van der Waals surface area (Å²) >= 11 is 0. The predicted octanol–water partition coefficient (Wildman–Crippen LogP) is 3.31. The maximum absolute atomic E-state index is 12.8. The first-order chi connectivity index (χ1) is 14.7. The molecule has 4 rings (SSSR count). The zero-order valence-corrected chi connectivity index (χ0v) is 17.1. The summed E-state index contributed by atoms with van der Waals surface area (Å²) in [6.45, 7) is 4.17. The standard InChI is InChI=1S/C23H25N5O2/c1-17-26-13-20(16-30-15-18-7-3-2-4-8-18)21(27-17)19-9-5-12-28(14-19)23(29)22-24-10-6-11-25-22/h2-4,6-8,10-11,13,19H,5,9,12,14-16H2,1H3. The Morgan fingerprint density at radius 2 is 1.90 bits per heavy atom. The van der Waals surface area contributed by atoms with Crippen LogP contribution in [0.4, 0.5) is 0 Å². The summed E-state index contributed by atoms with van der Waals surface area (Å²) in [6.07, 6.45) is 6.93. The Morgan fingerprint density at radius 3 is 2.70 bits per heavy atom. The molecule has 1 unspecified atom stereocenters. The van der Waals surface area contributed by atoms with Crippen LogP contribution in [0.3, 0.4) is 0 Å². The number of aromatic nitrogens is 4. The number of carbonyl (C=O) groups is 1. The smallest absolute Gasteiger partial charge is 0.291 e. The second-order valence-electron chi connectivity index (χ2n) is 7.47. The molecule has 0 aliphatic carbocycles. The van der Waals surface area contributed by atoms with Gasteiger partial charge in [0.2, 0.25) is 5.82 Å². The normalized spacial score (nSPS) is 16.4. The maximum Gasteiger partial charge on any atom is 0.291 e. The molecule has 30 heavy (non-hydrogen) atoms. The highest BCUT2D eigenvalue weighted by Crippen LogP contribution is 2.29. The van der Waals surface area contributed by atoms with Crippen LogP contribution in [0.1, 0.15) is 52.0 Å². The van der Waals surface area contributed by atoms with Crippen LogP contribution in [-0.2, 0) is 18.0 Å². The number of piperidine rings is 1. The Labute approximate surface area is 176 Å². The second-order valence-corrected chi connectivity index (χ2v) is 7.47. The molecule has 154 valence electrons. The first kappa shape index (κ1) is 20.1. The van der Waals surface area contributed by atoms with Crippen molar-refractivity contribution in [2.45, 2.75) is 38.9 Å². The predicted molar refractivity (Wildman–Crippen MR) is 112 cm³/mol. The third kappa shape index (κ3) is 4.86. The van der Waals surface area contributed by atoms with Crippen LogP contribution >= 0.6 is 0 Å². The van der Waals surface area contributed by atoms with Crippen molar-refractivity contribution in [1.82, 2.24) is 24.8 Å². The maximum atomic E-state index is 12.8. The van der Waals surface area contributed by atoms with Gasteiger partial charge in [0.1, 0.15) is 5.82 Å². The summed E-state index contributed by atoms with van der Waals surface area (Å²) < 4.78 is 5.94. The molecule has 0 spiro atoms. The monoisotopic (exact) mass is 403 g/mol. The Bertz CT molecular complexity index is 981. The van der Waals surface area contributed by atoms with Crippen molar-refractivity contribution >= 4 is 5.91 Å². The van der Waals surface area contributed by atoms with Crippen LogP contribution in [0.5, 0.6) is 0 Å². The van der Waals surface area contributed by atoms with Crippen LogP contribution < -0.4 is 0 Å². The van der Waals surface area contributed by atoms with E-state index >= 15 is 0 Å². The van der Waals surface area contributed by atoms with Gasteiger partial charge < -0.3 is 9.64 Å². The molecule has 0 bridgehead atoms. The van der Waals surface area contributed by atoms with E-state index < -0.39 is 0 Å². The molecule has 1 amide bonds. The third-order valence-corrected chi connectivity index (χ3v) is 5.24. The van der Waals surface area contributed by atoms with Crippen molar-refractivity contribution in [3.05, 3.63) is 83.5 Å². The molecular weight excluding hydrogens is 378 g/mol. The SMILES string of the molecule is Cc1ncc(COCc2ccccc2)c(C2CCCN(C(=O)c3ncccn3)C2)n1. The summed E-state index contributed by atoms with van der Waals surface area (Å²) in [6, 6.07) is 11.8. The fraction of sp³-hybridized carbons (Fsp3) is 0.348. The molecule has 0 radical (unpaired) electrons. The van der Waals surface area contributed by atoms with E-state index in [1.807, 2.05) is 48.4 Å². The first-order valence-corrected chi connectivity index (χ1v) is 10.2. The van der Waals surface area contributed by atoms with Crippen molar-refractivity contribution in [1.29, 1.82) is 0 Å². The molecule has 1 aromatic carbocycles. The van der Waals surface area contributed by atoms with Gasteiger partial charge in [0.25, 0.3) is 5.91 Å². The minimum atomic E-state index is -0.132. The minimum absolute atomic E-state index is 0.132. The lowest BCUT2D eigenvalue weighted by molar-refractivity contribution is 0.0690. The number of hydrogen-bond acceptors (Lipinski definition) is 6. The van der Waals surface area contributed by atoms with Gasteiger partial charge in [0.15, 0.2) is 0 Å². The lowest BCUT2D eigenvalue weighted by atomic mass is 9.92. The van der Waals surface area contributed by atoms with E-state index in [9.17, 15) is 4.79 Å².